The highest BCUT2D eigenvalue weighted by Gasteiger charge is 2.36. The van der Waals surface area contributed by atoms with Crippen molar-refractivity contribution in [2.24, 2.45) is 0 Å². The second kappa shape index (κ2) is 14.2. The van der Waals surface area contributed by atoms with Crippen molar-refractivity contribution in [3.05, 3.63) is 81.7 Å². The molecule has 8 nitrogen and oxygen atoms in total. The second-order valence-corrected chi connectivity index (χ2v) is 16.6. The first-order valence-corrected chi connectivity index (χ1v) is 18.9. The van der Waals surface area contributed by atoms with Gasteiger partial charge >= 0.3 is 6.09 Å². The Morgan fingerprint density at radius 1 is 0.980 bits per heavy atom. The molecule has 0 atom stereocenters. The summed E-state index contributed by atoms with van der Waals surface area (Å²) in [4.78, 5) is 30.7. The molecule has 0 spiro atoms. The Labute approximate surface area is 294 Å². The van der Waals surface area contributed by atoms with Crippen LogP contribution in [0.5, 0.6) is 5.75 Å². The Balaban J connectivity index is 1.54. The SMILES string of the molecule is COc1ccc(-c2ccccc2S(C)(=O)=O)cc1CN(C(=O)c1sc2c(F)ccc(F)c2c1Cl)[C@H]1CC[C@H](N(C)C(=O)OC(C)(C)C)CC1. The molecule has 262 valence electrons. The maximum atomic E-state index is 14.8. The van der Waals surface area contributed by atoms with Crippen LogP contribution in [0.1, 0.15) is 61.7 Å². The fourth-order valence-corrected chi connectivity index (χ4v) is 8.67. The minimum atomic E-state index is -3.56. The van der Waals surface area contributed by atoms with Crippen molar-refractivity contribution in [1.82, 2.24) is 9.80 Å². The Morgan fingerprint density at radius 3 is 2.22 bits per heavy atom. The van der Waals surface area contributed by atoms with Crippen molar-refractivity contribution in [1.29, 1.82) is 0 Å². The molecule has 0 N–H and O–H groups in total. The van der Waals surface area contributed by atoms with Crippen LogP contribution < -0.4 is 4.74 Å². The fraction of sp³-hybridized carbons (Fsp3) is 0.389. The molecule has 1 aromatic heterocycles. The lowest BCUT2D eigenvalue weighted by Crippen LogP contribution is -2.47. The maximum Gasteiger partial charge on any atom is 0.410 e. The Hall–Kier alpha value is -3.74. The second-order valence-electron chi connectivity index (χ2n) is 13.3. The van der Waals surface area contributed by atoms with Crippen LogP contribution in [-0.2, 0) is 21.1 Å². The van der Waals surface area contributed by atoms with Crippen LogP contribution in [-0.4, -0.2) is 68.3 Å². The minimum absolute atomic E-state index is 0.00575. The first-order chi connectivity index (χ1) is 23.0. The van der Waals surface area contributed by atoms with E-state index in [-0.39, 0.29) is 43.5 Å². The minimum Gasteiger partial charge on any atom is -0.496 e. The molecule has 0 bridgehead atoms. The first-order valence-electron chi connectivity index (χ1n) is 15.8. The number of rotatable bonds is 8. The van der Waals surface area contributed by atoms with Crippen molar-refractivity contribution < 1.29 is 36.3 Å². The highest BCUT2D eigenvalue weighted by molar-refractivity contribution is 7.90. The lowest BCUT2D eigenvalue weighted by atomic mass is 9.89. The average Bonchev–Trinajstić information content (AvgIpc) is 3.41. The van der Waals surface area contributed by atoms with E-state index < -0.39 is 39.1 Å². The average molecular weight is 733 g/mol. The molecule has 1 fully saturated rings. The molecule has 1 aliphatic rings. The van der Waals surface area contributed by atoms with Gasteiger partial charge in [0.2, 0.25) is 0 Å². The van der Waals surface area contributed by atoms with Gasteiger partial charge in [0.15, 0.2) is 9.84 Å². The van der Waals surface area contributed by atoms with Crippen molar-refractivity contribution in [3.8, 4) is 16.9 Å². The van der Waals surface area contributed by atoms with Gasteiger partial charge in [-0.15, -0.1) is 11.3 Å². The third kappa shape index (κ3) is 7.86. The van der Waals surface area contributed by atoms with Crippen molar-refractivity contribution in [2.45, 2.75) is 75.6 Å². The zero-order valence-corrected chi connectivity index (χ0v) is 30.6. The van der Waals surface area contributed by atoms with Crippen LogP contribution in [0.2, 0.25) is 5.02 Å². The molecule has 49 heavy (non-hydrogen) atoms. The summed E-state index contributed by atoms with van der Waals surface area (Å²) in [7, 11) is -0.358. The standard InChI is InChI=1S/C36H39ClF2N2O6S2/c1-36(2,3)47-35(43)40(4)23-12-14-24(15-13-23)41(34(42)33-31(37)30-26(38)16-17-27(39)32(30)48-33)20-22-19-21(11-18-28(22)46-5)25-9-7-8-10-29(25)49(6,44)45/h7-11,16-19,23-24H,12-15,20H2,1-6H3/t23-,24-. The number of hydrogen-bond donors (Lipinski definition) is 0. The number of benzene rings is 3. The van der Waals surface area contributed by atoms with E-state index in [9.17, 15) is 26.8 Å². The van der Waals surface area contributed by atoms with Crippen LogP contribution in [0.25, 0.3) is 21.2 Å². The normalized spacial score (nSPS) is 16.8. The molecule has 5 rings (SSSR count). The van der Waals surface area contributed by atoms with E-state index in [1.807, 2.05) is 0 Å². The van der Waals surface area contributed by atoms with E-state index in [4.69, 9.17) is 21.1 Å². The smallest absolute Gasteiger partial charge is 0.410 e. The molecule has 13 heteroatoms. The van der Waals surface area contributed by atoms with Crippen LogP contribution in [0, 0.1) is 11.6 Å². The van der Waals surface area contributed by atoms with E-state index in [0.29, 0.717) is 48.1 Å². The number of methoxy groups -OCH3 is 1. The summed E-state index contributed by atoms with van der Waals surface area (Å²) in [5.41, 5.74) is 1.05. The first kappa shape index (κ1) is 36.5. The summed E-state index contributed by atoms with van der Waals surface area (Å²) in [6.45, 7) is 5.45. The van der Waals surface area contributed by atoms with Crippen LogP contribution in [0.4, 0.5) is 13.6 Å². The molecule has 4 aromatic rings. The number of sulfone groups is 1. The number of nitrogens with zero attached hydrogens (tertiary/aromatic N) is 2. The highest BCUT2D eigenvalue weighted by atomic mass is 35.5. The van der Waals surface area contributed by atoms with Gasteiger partial charge in [-0.05, 0) is 82.3 Å². The van der Waals surface area contributed by atoms with Gasteiger partial charge in [0, 0.05) is 43.1 Å². The Kier molecular flexibility index (Phi) is 10.6. The summed E-state index contributed by atoms with van der Waals surface area (Å²) >= 11 is 7.41. The molecule has 3 aromatic carbocycles. The number of amides is 2. The Bertz CT molecular complexity index is 2000. The van der Waals surface area contributed by atoms with Crippen LogP contribution in [0.3, 0.4) is 0 Å². The number of fused-ring (bicyclic) bond motifs is 1. The summed E-state index contributed by atoms with van der Waals surface area (Å²) in [6.07, 6.45) is 2.91. The predicted molar refractivity (Wildman–Crippen MR) is 188 cm³/mol. The molecule has 2 amide bonds. The molecule has 1 saturated carbocycles. The van der Waals surface area contributed by atoms with Gasteiger partial charge in [0.05, 0.1) is 27.1 Å². The lowest BCUT2D eigenvalue weighted by Gasteiger charge is -2.40. The van der Waals surface area contributed by atoms with E-state index >= 15 is 0 Å². The number of carbonyl (C=O) groups is 2. The molecule has 0 aliphatic heterocycles. The fourth-order valence-electron chi connectivity index (χ4n) is 6.25. The van der Waals surface area contributed by atoms with Gasteiger partial charge < -0.3 is 19.3 Å². The summed E-state index contributed by atoms with van der Waals surface area (Å²) in [5.74, 6) is -1.44. The van der Waals surface area contributed by atoms with Crippen molar-refractivity contribution in [2.75, 3.05) is 20.4 Å². The Morgan fingerprint density at radius 2 is 1.61 bits per heavy atom. The monoisotopic (exact) mass is 732 g/mol. The largest absolute Gasteiger partial charge is 0.496 e. The third-order valence-electron chi connectivity index (χ3n) is 8.69. The van der Waals surface area contributed by atoms with Gasteiger partial charge in [0.25, 0.3) is 5.91 Å². The van der Waals surface area contributed by atoms with E-state index in [2.05, 4.69) is 0 Å². The number of thiophene rings is 1. The van der Waals surface area contributed by atoms with E-state index in [1.165, 1.54) is 7.11 Å². The van der Waals surface area contributed by atoms with Gasteiger partial charge in [0.1, 0.15) is 27.9 Å². The van der Waals surface area contributed by atoms with Crippen molar-refractivity contribution >= 4 is 54.9 Å². The topological polar surface area (TPSA) is 93.2 Å². The molecule has 1 heterocycles. The maximum absolute atomic E-state index is 14.8. The van der Waals surface area contributed by atoms with E-state index in [1.54, 1.807) is 80.1 Å². The molecule has 0 radical (unpaired) electrons. The zero-order chi connectivity index (χ0) is 35.8. The zero-order valence-electron chi connectivity index (χ0n) is 28.2. The number of hydrogen-bond acceptors (Lipinski definition) is 7. The van der Waals surface area contributed by atoms with Gasteiger partial charge in [-0.2, -0.15) is 0 Å². The van der Waals surface area contributed by atoms with Crippen LogP contribution >= 0.6 is 22.9 Å². The van der Waals surface area contributed by atoms with Crippen molar-refractivity contribution in [3.63, 3.8) is 0 Å². The summed E-state index contributed by atoms with van der Waals surface area (Å²) < 4.78 is 66.1. The summed E-state index contributed by atoms with van der Waals surface area (Å²) in [6, 6.07) is 13.5. The van der Waals surface area contributed by atoms with Gasteiger partial charge in [-0.3, -0.25) is 4.79 Å². The third-order valence-corrected chi connectivity index (χ3v) is 11.5. The highest BCUT2D eigenvalue weighted by Crippen LogP contribution is 2.41. The summed E-state index contributed by atoms with van der Waals surface area (Å²) in [5, 5.41) is -0.303. The molecule has 0 saturated heterocycles. The number of ether oxygens (including phenoxy) is 2. The van der Waals surface area contributed by atoms with Gasteiger partial charge in [-0.1, -0.05) is 35.9 Å². The number of carbonyl (C=O) groups excluding carboxylic acids is 2. The quantitative estimate of drug-likeness (QED) is 0.180. The van der Waals surface area contributed by atoms with Gasteiger partial charge in [-0.25, -0.2) is 22.0 Å². The van der Waals surface area contributed by atoms with Crippen LogP contribution in [0.15, 0.2) is 59.5 Å². The number of halogens is 3. The predicted octanol–water partition coefficient (Wildman–Crippen LogP) is 8.73. The molecular formula is C36H39ClF2N2O6S2. The lowest BCUT2D eigenvalue weighted by molar-refractivity contribution is 0.0144. The molecule has 0 unspecified atom stereocenters. The molecule has 1 aliphatic carbocycles. The van der Waals surface area contributed by atoms with E-state index in [0.717, 1.165) is 29.7 Å². The molecular weight excluding hydrogens is 694 g/mol.